The number of benzene rings is 3. The molecule has 3 aromatic carbocycles. The van der Waals surface area contributed by atoms with Crippen molar-refractivity contribution in [1.29, 1.82) is 0 Å². The lowest BCUT2D eigenvalue weighted by molar-refractivity contribution is 0.536. The van der Waals surface area contributed by atoms with Crippen molar-refractivity contribution in [2.45, 2.75) is 25.7 Å². The fourth-order valence-corrected chi connectivity index (χ4v) is 4.09. The van der Waals surface area contributed by atoms with Gasteiger partial charge in [0.2, 0.25) is 5.95 Å². The quantitative estimate of drug-likeness (QED) is 0.435. The van der Waals surface area contributed by atoms with E-state index in [1.54, 1.807) is 12.4 Å². The molecule has 150 valence electrons. The molecule has 0 aliphatic carbocycles. The monoisotopic (exact) mass is 393 g/mol. The minimum Gasteiger partial charge on any atom is -0.353 e. The predicted molar refractivity (Wildman–Crippen MR) is 124 cm³/mol. The highest BCUT2D eigenvalue weighted by Gasteiger charge is 2.35. The lowest BCUT2D eigenvalue weighted by Crippen LogP contribution is -2.38. The van der Waals surface area contributed by atoms with Gasteiger partial charge in [-0.05, 0) is 43.0 Å². The Morgan fingerprint density at radius 2 is 1.30 bits per heavy atom. The van der Waals surface area contributed by atoms with Crippen LogP contribution in [0.1, 0.15) is 27.8 Å². The van der Waals surface area contributed by atoms with E-state index in [0.717, 1.165) is 6.42 Å². The second-order valence-corrected chi connectivity index (χ2v) is 7.91. The molecule has 0 saturated heterocycles. The van der Waals surface area contributed by atoms with E-state index in [2.05, 4.69) is 108 Å². The summed E-state index contributed by atoms with van der Waals surface area (Å²) in [7, 11) is 0. The molecule has 0 aliphatic heterocycles. The Morgan fingerprint density at radius 3 is 1.87 bits per heavy atom. The van der Waals surface area contributed by atoms with Crippen LogP contribution in [0.15, 0.2) is 97.3 Å². The molecular formula is C27H27N3. The lowest BCUT2D eigenvalue weighted by atomic mass is 9.69. The highest BCUT2D eigenvalue weighted by Crippen LogP contribution is 2.37. The van der Waals surface area contributed by atoms with Crippen molar-refractivity contribution < 1.29 is 0 Å². The van der Waals surface area contributed by atoms with Gasteiger partial charge in [0.1, 0.15) is 0 Å². The van der Waals surface area contributed by atoms with Gasteiger partial charge in [-0.25, -0.2) is 9.97 Å². The van der Waals surface area contributed by atoms with Crippen molar-refractivity contribution in [2.24, 2.45) is 0 Å². The van der Waals surface area contributed by atoms with Crippen molar-refractivity contribution in [3.8, 4) is 0 Å². The summed E-state index contributed by atoms with van der Waals surface area (Å²) < 4.78 is 0. The first-order valence-electron chi connectivity index (χ1n) is 10.3. The van der Waals surface area contributed by atoms with Crippen LogP contribution in [0, 0.1) is 13.8 Å². The molecule has 0 radical (unpaired) electrons. The summed E-state index contributed by atoms with van der Waals surface area (Å²) in [5.74, 6) is 0.648. The topological polar surface area (TPSA) is 37.8 Å². The van der Waals surface area contributed by atoms with Crippen molar-refractivity contribution in [3.63, 3.8) is 0 Å². The number of anilines is 1. The van der Waals surface area contributed by atoms with Crippen LogP contribution >= 0.6 is 0 Å². The molecule has 0 aliphatic rings. The Morgan fingerprint density at radius 1 is 0.700 bits per heavy atom. The minimum atomic E-state index is -0.265. The number of nitrogens with one attached hydrogen (secondary N) is 1. The summed E-state index contributed by atoms with van der Waals surface area (Å²) in [5, 5.41) is 3.52. The average Bonchev–Trinajstić information content (AvgIpc) is 2.78. The second kappa shape index (κ2) is 8.91. The van der Waals surface area contributed by atoms with Crippen molar-refractivity contribution in [3.05, 3.63) is 125 Å². The average molecular weight is 394 g/mol. The van der Waals surface area contributed by atoms with Crippen molar-refractivity contribution >= 4 is 5.95 Å². The van der Waals surface area contributed by atoms with E-state index in [1.165, 1.54) is 27.8 Å². The molecule has 0 bridgehead atoms. The number of rotatable bonds is 7. The molecule has 0 unspecified atom stereocenters. The Hall–Kier alpha value is -3.46. The lowest BCUT2D eigenvalue weighted by Gasteiger charge is -2.36. The van der Waals surface area contributed by atoms with Crippen LogP contribution in [0.25, 0.3) is 0 Å². The summed E-state index contributed by atoms with van der Waals surface area (Å²) in [6.07, 6.45) is 4.42. The van der Waals surface area contributed by atoms with E-state index >= 15 is 0 Å². The maximum absolute atomic E-state index is 4.39. The molecule has 1 N–H and O–H groups in total. The Bertz CT molecular complexity index is 1050. The maximum Gasteiger partial charge on any atom is 0.222 e. The normalized spacial score (nSPS) is 11.3. The van der Waals surface area contributed by atoms with Crippen LogP contribution in [0.2, 0.25) is 0 Å². The number of nitrogens with zero attached hydrogens (tertiary/aromatic N) is 2. The molecule has 4 rings (SSSR count). The van der Waals surface area contributed by atoms with Crippen LogP contribution in [0.4, 0.5) is 5.95 Å². The summed E-state index contributed by atoms with van der Waals surface area (Å²) in [5.41, 5.74) is 6.14. The Labute approximate surface area is 178 Å². The predicted octanol–water partition coefficient (Wildman–Crippen LogP) is 5.73. The molecule has 0 atom stereocenters. The van der Waals surface area contributed by atoms with Crippen molar-refractivity contribution in [1.82, 2.24) is 9.97 Å². The van der Waals surface area contributed by atoms with E-state index in [4.69, 9.17) is 0 Å². The number of hydrogen-bond acceptors (Lipinski definition) is 3. The van der Waals surface area contributed by atoms with E-state index in [1.807, 2.05) is 6.07 Å². The highest BCUT2D eigenvalue weighted by molar-refractivity contribution is 5.46. The fourth-order valence-electron chi connectivity index (χ4n) is 4.09. The third-order valence-electron chi connectivity index (χ3n) is 5.60. The van der Waals surface area contributed by atoms with E-state index in [9.17, 15) is 0 Å². The van der Waals surface area contributed by atoms with Crippen LogP contribution in [0.5, 0.6) is 0 Å². The fraction of sp³-hybridized carbons (Fsp3) is 0.185. The van der Waals surface area contributed by atoms with Crippen LogP contribution < -0.4 is 5.32 Å². The second-order valence-electron chi connectivity index (χ2n) is 7.91. The van der Waals surface area contributed by atoms with Gasteiger partial charge in [0, 0.05) is 24.4 Å². The molecule has 3 nitrogen and oxygen atoms in total. The Balaban J connectivity index is 1.86. The maximum atomic E-state index is 4.39. The number of aromatic nitrogens is 2. The molecule has 3 heteroatoms. The van der Waals surface area contributed by atoms with Gasteiger partial charge in [-0.1, -0.05) is 90.0 Å². The largest absolute Gasteiger partial charge is 0.353 e. The molecule has 0 saturated carbocycles. The summed E-state index contributed by atoms with van der Waals surface area (Å²) >= 11 is 0. The first-order valence-corrected chi connectivity index (χ1v) is 10.3. The van der Waals surface area contributed by atoms with Crippen LogP contribution in [-0.2, 0) is 11.8 Å². The van der Waals surface area contributed by atoms with Gasteiger partial charge in [0.25, 0.3) is 0 Å². The molecule has 0 fully saturated rings. The highest BCUT2D eigenvalue weighted by atomic mass is 15.1. The van der Waals surface area contributed by atoms with Crippen molar-refractivity contribution in [2.75, 3.05) is 11.9 Å². The zero-order chi connectivity index (χ0) is 20.8. The standard InChI is InChI=1S/C27H27N3/c1-21-9-6-13-24(17-21)27(19-23-11-4-3-5-12-23,25-14-7-10-22(2)18-25)20-30-26-28-15-8-16-29-26/h3-18H,19-20H2,1-2H3,(H,28,29,30). The minimum absolute atomic E-state index is 0.265. The Kier molecular flexibility index (Phi) is 5.89. The van der Waals surface area contributed by atoms with E-state index < -0.39 is 0 Å². The van der Waals surface area contributed by atoms with Gasteiger partial charge in [-0.2, -0.15) is 0 Å². The summed E-state index contributed by atoms with van der Waals surface area (Å²) in [6, 6.07) is 30.2. The first-order chi connectivity index (χ1) is 14.7. The van der Waals surface area contributed by atoms with Gasteiger partial charge in [0.15, 0.2) is 0 Å². The van der Waals surface area contributed by atoms with E-state index in [-0.39, 0.29) is 5.41 Å². The molecule has 30 heavy (non-hydrogen) atoms. The molecule has 4 aromatic rings. The third-order valence-corrected chi connectivity index (χ3v) is 5.60. The van der Waals surface area contributed by atoms with Crippen LogP contribution in [-0.4, -0.2) is 16.5 Å². The first kappa shape index (κ1) is 19.8. The molecule has 1 aromatic heterocycles. The summed E-state index contributed by atoms with van der Waals surface area (Å²) in [4.78, 5) is 8.78. The molecule has 1 heterocycles. The molecular weight excluding hydrogens is 366 g/mol. The molecule has 0 amide bonds. The third kappa shape index (κ3) is 4.41. The summed E-state index contributed by atoms with van der Waals surface area (Å²) in [6.45, 7) is 5.00. The van der Waals surface area contributed by atoms with Gasteiger partial charge in [-0.15, -0.1) is 0 Å². The zero-order valence-electron chi connectivity index (χ0n) is 17.5. The van der Waals surface area contributed by atoms with Gasteiger partial charge >= 0.3 is 0 Å². The van der Waals surface area contributed by atoms with Gasteiger partial charge in [0.05, 0.1) is 0 Å². The zero-order valence-corrected chi connectivity index (χ0v) is 17.5. The van der Waals surface area contributed by atoms with E-state index in [0.29, 0.717) is 12.5 Å². The van der Waals surface area contributed by atoms with Gasteiger partial charge < -0.3 is 5.32 Å². The SMILES string of the molecule is Cc1cccc(C(CNc2ncccn2)(Cc2ccccc2)c2cccc(C)c2)c1. The number of hydrogen-bond donors (Lipinski definition) is 1. The van der Waals surface area contributed by atoms with Gasteiger partial charge in [-0.3, -0.25) is 0 Å². The molecule has 0 spiro atoms. The smallest absolute Gasteiger partial charge is 0.222 e. The van der Waals surface area contributed by atoms with Crippen LogP contribution in [0.3, 0.4) is 0 Å². The number of aryl methyl sites for hydroxylation is 2.